The van der Waals surface area contributed by atoms with Gasteiger partial charge in [-0.3, -0.25) is 4.79 Å². The molecule has 0 spiro atoms. The van der Waals surface area contributed by atoms with Crippen LogP contribution in [0.25, 0.3) is 0 Å². The molecule has 1 unspecified atom stereocenters. The average molecular weight is 150 g/mol. The summed E-state index contributed by atoms with van der Waals surface area (Å²) in [7, 11) is 1.88. The molecule has 0 rings (SSSR count). The third-order valence-electron chi connectivity index (χ3n) is 0.536. The van der Waals surface area contributed by atoms with E-state index in [-0.39, 0.29) is 0 Å². The van der Waals surface area contributed by atoms with Gasteiger partial charge in [0.15, 0.2) is 0 Å². The summed E-state index contributed by atoms with van der Waals surface area (Å²) in [6.45, 7) is 1.15. The lowest BCUT2D eigenvalue weighted by Crippen LogP contribution is -2.18. The van der Waals surface area contributed by atoms with Gasteiger partial charge in [-0.25, -0.2) is 4.79 Å². The average Bonchev–Trinajstić information content (AvgIpc) is 1.63. The van der Waals surface area contributed by atoms with E-state index in [0.29, 0.717) is 0 Å². The second-order valence-corrected chi connectivity index (χ2v) is 1.97. The third kappa shape index (κ3) is 3.91. The zero-order valence-electron chi connectivity index (χ0n) is 4.83. The Morgan fingerprint density at radius 3 is 2.22 bits per heavy atom. The van der Waals surface area contributed by atoms with E-state index in [1.165, 1.54) is 0 Å². The summed E-state index contributed by atoms with van der Waals surface area (Å²) in [4.78, 5) is 20.0. The summed E-state index contributed by atoms with van der Waals surface area (Å²) in [5.41, 5.74) is 0. The van der Waals surface area contributed by atoms with E-state index in [1.807, 2.05) is 9.24 Å². The van der Waals surface area contributed by atoms with E-state index >= 15 is 0 Å². The molecule has 0 aliphatic heterocycles. The van der Waals surface area contributed by atoms with Gasteiger partial charge < -0.3 is 9.84 Å². The van der Waals surface area contributed by atoms with E-state index in [0.717, 1.165) is 6.92 Å². The quantitative estimate of drug-likeness (QED) is 0.438. The molecule has 5 heteroatoms. The lowest BCUT2D eigenvalue weighted by atomic mass is 10.7. The second kappa shape index (κ2) is 3.41. The number of carboxylic acids is 1. The Balaban J connectivity index is 3.63. The predicted molar refractivity (Wildman–Crippen MR) is 32.9 cm³/mol. The molecule has 0 saturated heterocycles. The van der Waals surface area contributed by atoms with Crippen LogP contribution in [0.15, 0.2) is 0 Å². The second-order valence-electron chi connectivity index (χ2n) is 1.37. The molecule has 0 aromatic carbocycles. The molecule has 0 aromatic heterocycles. The van der Waals surface area contributed by atoms with Crippen LogP contribution in [0.3, 0.4) is 0 Å². The molecule has 1 N–H and O–H groups in total. The van der Waals surface area contributed by atoms with Crippen LogP contribution in [0.1, 0.15) is 6.92 Å². The highest BCUT2D eigenvalue weighted by molar-refractivity contribution is 7.19. The summed E-state index contributed by atoms with van der Waals surface area (Å²) in [5, 5.41) is 8.13. The van der Waals surface area contributed by atoms with Gasteiger partial charge in [-0.05, 0) is 0 Å². The number of hydrogen-bond donors (Lipinski definition) is 1. The van der Waals surface area contributed by atoms with Gasteiger partial charge in [0.25, 0.3) is 0 Å². The highest BCUT2D eigenvalue weighted by Crippen LogP contribution is 2.01. The van der Waals surface area contributed by atoms with Crippen LogP contribution in [0.4, 0.5) is 0 Å². The number of carboxylic acid groups (broad SMARTS) is 1. The number of rotatable bonds is 2. The fourth-order valence-electron chi connectivity index (χ4n) is 0.229. The summed E-state index contributed by atoms with van der Waals surface area (Å²) < 4.78 is 4.24. The Labute approximate surface area is 54.4 Å². The molecule has 0 amide bonds. The molecule has 0 heterocycles. The van der Waals surface area contributed by atoms with Crippen molar-refractivity contribution >= 4 is 21.2 Å². The van der Waals surface area contributed by atoms with Gasteiger partial charge >= 0.3 is 11.9 Å². The minimum Gasteiger partial charge on any atom is -0.478 e. The fraction of sp³-hybridized carbons (Fsp3) is 0.500. The molecule has 2 atom stereocenters. The molecule has 0 radical (unpaired) electrons. The Hall–Kier alpha value is -0.630. The molecule has 0 saturated carbocycles. The smallest absolute Gasteiger partial charge is 0.348 e. The number of carbonyl (C=O) groups excluding carboxylic acids is 1. The van der Waals surface area contributed by atoms with E-state index < -0.39 is 17.8 Å². The van der Waals surface area contributed by atoms with Crippen molar-refractivity contribution in [3.63, 3.8) is 0 Å². The molecular formula is C4H7O4P. The molecule has 52 valence electrons. The van der Waals surface area contributed by atoms with Crippen LogP contribution >= 0.6 is 9.24 Å². The van der Waals surface area contributed by atoms with Crippen molar-refractivity contribution < 1.29 is 19.4 Å². The third-order valence-corrected chi connectivity index (χ3v) is 0.958. The van der Waals surface area contributed by atoms with Crippen LogP contribution < -0.4 is 0 Å². The SMILES string of the molecule is CC(=O)O[C@@H](P)C(=O)O. The Bertz CT molecular complexity index is 133. The first-order valence-corrected chi connectivity index (χ1v) is 2.86. The van der Waals surface area contributed by atoms with Crippen LogP contribution in [0.5, 0.6) is 0 Å². The van der Waals surface area contributed by atoms with Crippen LogP contribution in [-0.4, -0.2) is 22.9 Å². The van der Waals surface area contributed by atoms with Crippen molar-refractivity contribution in [2.45, 2.75) is 12.8 Å². The first-order chi connectivity index (χ1) is 4.04. The standard InChI is InChI=1S/C4H7O4P/c1-2(5)8-4(9)3(6)7/h4H,9H2,1H3,(H,6,7)/t4-/m0/s1. The van der Waals surface area contributed by atoms with Gasteiger partial charge in [0.1, 0.15) is 0 Å². The molecule has 0 aromatic rings. The van der Waals surface area contributed by atoms with Crippen molar-refractivity contribution in [2.75, 3.05) is 0 Å². The number of ether oxygens (including phenoxy) is 1. The predicted octanol–water partition coefficient (Wildman–Crippen LogP) is -0.165. The van der Waals surface area contributed by atoms with Gasteiger partial charge in [-0.1, -0.05) is 9.24 Å². The maximum atomic E-state index is 10.1. The largest absolute Gasteiger partial charge is 0.478 e. The minimum absolute atomic E-state index is 0.600. The normalized spacial score (nSPS) is 12.2. The molecule has 0 aliphatic rings. The summed E-state index contributed by atoms with van der Waals surface area (Å²) in [5.74, 6) is -2.89. The van der Waals surface area contributed by atoms with Crippen molar-refractivity contribution in [3.8, 4) is 0 Å². The zero-order chi connectivity index (χ0) is 7.44. The first-order valence-electron chi connectivity index (χ1n) is 2.19. The van der Waals surface area contributed by atoms with E-state index in [2.05, 4.69) is 4.74 Å². The van der Waals surface area contributed by atoms with Crippen molar-refractivity contribution in [2.24, 2.45) is 0 Å². The Morgan fingerprint density at radius 2 is 2.11 bits per heavy atom. The van der Waals surface area contributed by atoms with Crippen molar-refractivity contribution in [1.82, 2.24) is 0 Å². The molecule has 4 nitrogen and oxygen atoms in total. The van der Waals surface area contributed by atoms with Gasteiger partial charge in [-0.2, -0.15) is 0 Å². The molecule has 0 aliphatic carbocycles. The fourth-order valence-corrected chi connectivity index (χ4v) is 0.421. The Morgan fingerprint density at radius 1 is 1.67 bits per heavy atom. The van der Waals surface area contributed by atoms with Crippen LogP contribution in [0, 0.1) is 0 Å². The summed E-state index contributed by atoms with van der Waals surface area (Å²) in [6, 6.07) is 0. The van der Waals surface area contributed by atoms with Gasteiger partial charge in [0, 0.05) is 6.92 Å². The number of hydrogen-bond acceptors (Lipinski definition) is 3. The molecule has 0 bridgehead atoms. The van der Waals surface area contributed by atoms with E-state index in [1.54, 1.807) is 0 Å². The van der Waals surface area contributed by atoms with E-state index in [4.69, 9.17) is 5.11 Å². The van der Waals surface area contributed by atoms with Gasteiger partial charge in [0.05, 0.1) is 0 Å². The highest BCUT2D eigenvalue weighted by atomic mass is 31.0. The number of carbonyl (C=O) groups is 2. The highest BCUT2D eigenvalue weighted by Gasteiger charge is 2.12. The molecular weight excluding hydrogens is 143 g/mol. The zero-order valence-corrected chi connectivity index (χ0v) is 5.98. The lowest BCUT2D eigenvalue weighted by molar-refractivity contribution is -0.156. The lowest BCUT2D eigenvalue weighted by Gasteiger charge is -2.03. The maximum Gasteiger partial charge on any atom is 0.348 e. The first kappa shape index (κ1) is 8.37. The van der Waals surface area contributed by atoms with E-state index in [9.17, 15) is 9.59 Å². The summed E-state index contributed by atoms with van der Waals surface area (Å²) in [6.07, 6.45) is 0. The molecule has 0 fully saturated rings. The minimum atomic E-state index is -1.17. The molecule has 9 heavy (non-hydrogen) atoms. The topological polar surface area (TPSA) is 63.6 Å². The van der Waals surface area contributed by atoms with Crippen molar-refractivity contribution in [3.05, 3.63) is 0 Å². The number of esters is 1. The van der Waals surface area contributed by atoms with Crippen LogP contribution in [-0.2, 0) is 14.3 Å². The number of aliphatic carboxylic acids is 1. The van der Waals surface area contributed by atoms with Gasteiger partial charge in [0.2, 0.25) is 5.85 Å². The van der Waals surface area contributed by atoms with Crippen LogP contribution in [0.2, 0.25) is 0 Å². The maximum absolute atomic E-state index is 10.1. The van der Waals surface area contributed by atoms with Crippen molar-refractivity contribution in [1.29, 1.82) is 0 Å². The summed E-state index contributed by atoms with van der Waals surface area (Å²) >= 11 is 0. The monoisotopic (exact) mass is 150 g/mol. The Kier molecular flexibility index (Phi) is 3.17. The van der Waals surface area contributed by atoms with Gasteiger partial charge in [-0.15, -0.1) is 0 Å².